The largest absolute Gasteiger partial charge is 0.352 e. The van der Waals surface area contributed by atoms with E-state index in [4.69, 9.17) is 0 Å². The molecule has 162 valence electrons. The van der Waals surface area contributed by atoms with Crippen molar-refractivity contribution in [3.05, 3.63) is 58.7 Å². The van der Waals surface area contributed by atoms with Crippen molar-refractivity contribution in [2.75, 3.05) is 30.9 Å². The first kappa shape index (κ1) is 22.3. The van der Waals surface area contributed by atoms with Crippen molar-refractivity contribution >= 4 is 21.6 Å². The van der Waals surface area contributed by atoms with Crippen molar-refractivity contribution in [1.82, 2.24) is 10.2 Å². The highest BCUT2D eigenvalue weighted by atomic mass is 32.2. The Labute approximate surface area is 179 Å². The number of sulfonamides is 1. The summed E-state index contributed by atoms with van der Waals surface area (Å²) in [7, 11) is -3.80. The SMILES string of the molecule is Cc1ccc(NS(=O)(=O)c2cc(C(=O)NCCCN3CCCC3)ccc2C)cc1C. The van der Waals surface area contributed by atoms with E-state index in [1.54, 1.807) is 31.2 Å². The maximum Gasteiger partial charge on any atom is 0.262 e. The van der Waals surface area contributed by atoms with Gasteiger partial charge in [-0.25, -0.2) is 8.42 Å². The fourth-order valence-corrected chi connectivity index (χ4v) is 4.98. The summed E-state index contributed by atoms with van der Waals surface area (Å²) in [5, 5.41) is 2.90. The molecule has 0 saturated carbocycles. The van der Waals surface area contributed by atoms with Crippen LogP contribution in [0.3, 0.4) is 0 Å². The van der Waals surface area contributed by atoms with Crippen LogP contribution in [0, 0.1) is 20.8 Å². The number of amides is 1. The third-order valence-electron chi connectivity index (χ3n) is 5.63. The van der Waals surface area contributed by atoms with E-state index in [9.17, 15) is 13.2 Å². The van der Waals surface area contributed by atoms with Gasteiger partial charge in [-0.3, -0.25) is 9.52 Å². The molecule has 3 rings (SSSR count). The number of rotatable bonds is 8. The van der Waals surface area contributed by atoms with Crippen LogP contribution in [0.5, 0.6) is 0 Å². The molecular weight excluding hydrogens is 398 g/mol. The second kappa shape index (κ2) is 9.62. The van der Waals surface area contributed by atoms with Gasteiger partial charge in [0.05, 0.1) is 4.90 Å². The molecule has 1 amide bonds. The fourth-order valence-electron chi connectivity index (χ4n) is 3.66. The molecule has 1 aliphatic rings. The summed E-state index contributed by atoms with van der Waals surface area (Å²) in [5.41, 5.74) is 3.56. The Balaban J connectivity index is 1.66. The van der Waals surface area contributed by atoms with E-state index in [-0.39, 0.29) is 10.8 Å². The molecule has 1 fully saturated rings. The Hall–Kier alpha value is -2.38. The molecule has 1 aliphatic heterocycles. The molecule has 0 aromatic heterocycles. The quantitative estimate of drug-likeness (QED) is 0.628. The first-order chi connectivity index (χ1) is 14.3. The molecule has 2 aromatic carbocycles. The van der Waals surface area contributed by atoms with Crippen molar-refractivity contribution in [1.29, 1.82) is 0 Å². The van der Waals surface area contributed by atoms with Crippen LogP contribution >= 0.6 is 0 Å². The van der Waals surface area contributed by atoms with Gasteiger partial charge in [-0.2, -0.15) is 0 Å². The molecule has 0 atom stereocenters. The van der Waals surface area contributed by atoms with E-state index in [0.717, 1.165) is 37.2 Å². The monoisotopic (exact) mass is 429 g/mol. The molecule has 30 heavy (non-hydrogen) atoms. The minimum atomic E-state index is -3.80. The topological polar surface area (TPSA) is 78.5 Å². The lowest BCUT2D eigenvalue weighted by atomic mass is 10.1. The number of carbonyl (C=O) groups is 1. The highest BCUT2D eigenvalue weighted by molar-refractivity contribution is 7.92. The van der Waals surface area contributed by atoms with Gasteiger partial charge in [-0.05, 0) is 101 Å². The van der Waals surface area contributed by atoms with Crippen LogP contribution in [0.4, 0.5) is 5.69 Å². The smallest absolute Gasteiger partial charge is 0.262 e. The zero-order valence-electron chi connectivity index (χ0n) is 18.0. The Morgan fingerprint density at radius 2 is 1.67 bits per heavy atom. The highest BCUT2D eigenvalue weighted by Crippen LogP contribution is 2.22. The Morgan fingerprint density at radius 3 is 2.37 bits per heavy atom. The van der Waals surface area contributed by atoms with E-state index >= 15 is 0 Å². The Bertz CT molecular complexity index is 1010. The summed E-state index contributed by atoms with van der Waals surface area (Å²) >= 11 is 0. The highest BCUT2D eigenvalue weighted by Gasteiger charge is 2.20. The van der Waals surface area contributed by atoms with Gasteiger partial charge in [0.15, 0.2) is 0 Å². The average molecular weight is 430 g/mol. The number of benzene rings is 2. The molecule has 2 N–H and O–H groups in total. The van der Waals surface area contributed by atoms with Gasteiger partial charge in [0, 0.05) is 17.8 Å². The van der Waals surface area contributed by atoms with Gasteiger partial charge in [-0.1, -0.05) is 12.1 Å². The van der Waals surface area contributed by atoms with Crippen molar-refractivity contribution in [2.45, 2.75) is 44.9 Å². The number of aryl methyl sites for hydroxylation is 3. The lowest BCUT2D eigenvalue weighted by molar-refractivity contribution is 0.0952. The number of hydrogen-bond donors (Lipinski definition) is 2. The number of nitrogens with zero attached hydrogens (tertiary/aromatic N) is 1. The maximum atomic E-state index is 13.0. The van der Waals surface area contributed by atoms with Crippen molar-refractivity contribution in [3.8, 4) is 0 Å². The van der Waals surface area contributed by atoms with Crippen molar-refractivity contribution < 1.29 is 13.2 Å². The van der Waals surface area contributed by atoms with Crippen LogP contribution in [0.1, 0.15) is 46.3 Å². The lowest BCUT2D eigenvalue weighted by Crippen LogP contribution is -2.28. The maximum absolute atomic E-state index is 13.0. The number of anilines is 1. The van der Waals surface area contributed by atoms with Gasteiger partial charge in [0.1, 0.15) is 0 Å². The van der Waals surface area contributed by atoms with Gasteiger partial charge in [0.25, 0.3) is 15.9 Å². The number of carbonyl (C=O) groups excluding carboxylic acids is 1. The summed E-state index contributed by atoms with van der Waals surface area (Å²) in [4.78, 5) is 15.1. The van der Waals surface area contributed by atoms with Gasteiger partial charge in [-0.15, -0.1) is 0 Å². The van der Waals surface area contributed by atoms with Crippen LogP contribution in [-0.4, -0.2) is 45.4 Å². The standard InChI is InChI=1S/C23H31N3O3S/c1-17-8-10-21(15-19(17)3)25-30(28,29)22-16-20(9-7-18(22)2)23(27)24-11-6-14-26-12-4-5-13-26/h7-10,15-16,25H,4-6,11-14H2,1-3H3,(H,24,27). The number of nitrogens with one attached hydrogen (secondary N) is 2. The molecule has 7 heteroatoms. The van der Waals surface area contributed by atoms with E-state index in [0.29, 0.717) is 23.4 Å². The summed E-state index contributed by atoms with van der Waals surface area (Å²) in [6, 6.07) is 10.2. The summed E-state index contributed by atoms with van der Waals surface area (Å²) in [6.45, 7) is 9.48. The molecule has 0 unspecified atom stereocenters. The molecule has 6 nitrogen and oxygen atoms in total. The molecule has 1 saturated heterocycles. The first-order valence-corrected chi connectivity index (χ1v) is 12.0. The van der Waals surface area contributed by atoms with Crippen LogP contribution in [-0.2, 0) is 10.0 Å². The van der Waals surface area contributed by atoms with Crippen LogP contribution in [0.15, 0.2) is 41.3 Å². The fraction of sp³-hybridized carbons (Fsp3) is 0.435. The second-order valence-corrected chi connectivity index (χ2v) is 9.69. The van der Waals surface area contributed by atoms with Crippen LogP contribution in [0.25, 0.3) is 0 Å². The van der Waals surface area contributed by atoms with Gasteiger partial charge in [0.2, 0.25) is 0 Å². The van der Waals surface area contributed by atoms with Crippen molar-refractivity contribution in [2.24, 2.45) is 0 Å². The molecule has 1 heterocycles. The minimum absolute atomic E-state index is 0.116. The van der Waals surface area contributed by atoms with E-state index < -0.39 is 10.0 Å². The average Bonchev–Trinajstić information content (AvgIpc) is 3.21. The third kappa shape index (κ3) is 5.61. The summed E-state index contributed by atoms with van der Waals surface area (Å²) < 4.78 is 28.5. The Kier molecular flexibility index (Phi) is 7.15. The summed E-state index contributed by atoms with van der Waals surface area (Å²) in [6.07, 6.45) is 3.39. The first-order valence-electron chi connectivity index (χ1n) is 10.5. The molecule has 2 aromatic rings. The van der Waals surface area contributed by atoms with E-state index in [1.807, 2.05) is 19.9 Å². The second-order valence-electron chi connectivity index (χ2n) is 8.04. The molecule has 0 spiro atoms. The number of likely N-dealkylation sites (tertiary alicyclic amines) is 1. The van der Waals surface area contributed by atoms with Gasteiger partial charge < -0.3 is 10.2 Å². The predicted octanol–water partition coefficient (Wildman–Crippen LogP) is 3.63. The van der Waals surface area contributed by atoms with Gasteiger partial charge >= 0.3 is 0 Å². The zero-order valence-corrected chi connectivity index (χ0v) is 18.8. The molecular formula is C23H31N3O3S. The summed E-state index contributed by atoms with van der Waals surface area (Å²) in [5.74, 6) is -0.251. The Morgan fingerprint density at radius 1 is 0.967 bits per heavy atom. The molecule has 0 aliphatic carbocycles. The number of hydrogen-bond acceptors (Lipinski definition) is 4. The van der Waals surface area contributed by atoms with E-state index in [2.05, 4.69) is 14.9 Å². The van der Waals surface area contributed by atoms with E-state index in [1.165, 1.54) is 18.9 Å². The molecule has 0 bridgehead atoms. The van der Waals surface area contributed by atoms with Crippen molar-refractivity contribution in [3.63, 3.8) is 0 Å². The predicted molar refractivity (Wildman–Crippen MR) is 121 cm³/mol. The lowest BCUT2D eigenvalue weighted by Gasteiger charge is -2.15. The zero-order chi connectivity index (χ0) is 21.7. The van der Waals surface area contributed by atoms with Crippen LogP contribution < -0.4 is 10.0 Å². The minimum Gasteiger partial charge on any atom is -0.352 e. The normalized spacial score (nSPS) is 14.6. The molecule has 0 radical (unpaired) electrons. The van der Waals surface area contributed by atoms with Crippen LogP contribution in [0.2, 0.25) is 0 Å². The third-order valence-corrected chi connectivity index (χ3v) is 7.16.